The maximum atomic E-state index is 12.5. The highest BCUT2D eigenvalue weighted by Gasteiger charge is 2.26. The minimum absolute atomic E-state index is 0.166. The number of carbonyl (C=O) groups is 3. The summed E-state index contributed by atoms with van der Waals surface area (Å²) in [4.78, 5) is 37.8. The Hall–Kier alpha value is -3.61. The number of carbonyl (C=O) groups excluding carboxylic acids is 3. The topological polar surface area (TPSA) is 84.9 Å². The van der Waals surface area contributed by atoms with E-state index in [1.807, 2.05) is 24.3 Å². The number of ether oxygens (including phenoxy) is 2. The zero-order valence-corrected chi connectivity index (χ0v) is 16.6. The molecule has 0 radical (unpaired) electrons. The van der Waals surface area contributed by atoms with Crippen LogP contribution in [0.25, 0.3) is 11.6 Å². The van der Waals surface area contributed by atoms with E-state index >= 15 is 0 Å². The molecule has 2 aromatic carbocycles. The first-order chi connectivity index (χ1) is 14.6. The summed E-state index contributed by atoms with van der Waals surface area (Å²) < 4.78 is 10.6. The summed E-state index contributed by atoms with van der Waals surface area (Å²) in [7, 11) is 1.32. The zero-order chi connectivity index (χ0) is 21.1. The Bertz CT molecular complexity index is 1040. The molecule has 2 heterocycles. The van der Waals surface area contributed by atoms with Crippen LogP contribution in [0.5, 0.6) is 5.75 Å². The van der Waals surface area contributed by atoms with E-state index in [-0.39, 0.29) is 11.8 Å². The second-order valence-electron chi connectivity index (χ2n) is 7.13. The van der Waals surface area contributed by atoms with Crippen LogP contribution in [-0.2, 0) is 14.3 Å². The summed E-state index contributed by atoms with van der Waals surface area (Å²) in [5.74, 6) is 0.104. The smallest absolute Gasteiger partial charge is 0.337 e. The number of hydrogen-bond acceptors (Lipinski definition) is 5. The van der Waals surface area contributed by atoms with Crippen molar-refractivity contribution >= 4 is 35.1 Å². The lowest BCUT2D eigenvalue weighted by Crippen LogP contribution is -2.29. The molecule has 0 spiro atoms. The monoisotopic (exact) mass is 406 g/mol. The molecule has 2 aromatic rings. The third-order valence-corrected chi connectivity index (χ3v) is 5.23. The maximum absolute atomic E-state index is 12.5. The van der Waals surface area contributed by atoms with Crippen LogP contribution in [0.3, 0.4) is 0 Å². The standard InChI is InChI=1S/C23H22N2O5/c1-29-23(28)16-8-9-17-18(22(27)24-19(17)14-16)13-15-5-2-3-6-20(15)30-12-11-25-10-4-7-21(25)26/h2-3,5-6,8-9,13-14H,4,7,10-12H2,1H3,(H,24,27)/b18-13+. The van der Waals surface area contributed by atoms with Crippen LogP contribution >= 0.6 is 0 Å². The van der Waals surface area contributed by atoms with Gasteiger partial charge in [-0.2, -0.15) is 0 Å². The molecular weight excluding hydrogens is 384 g/mol. The van der Waals surface area contributed by atoms with Gasteiger partial charge in [0.05, 0.1) is 19.2 Å². The van der Waals surface area contributed by atoms with Gasteiger partial charge in [-0.1, -0.05) is 24.3 Å². The van der Waals surface area contributed by atoms with Gasteiger partial charge in [0.2, 0.25) is 5.91 Å². The third-order valence-electron chi connectivity index (χ3n) is 5.23. The molecule has 30 heavy (non-hydrogen) atoms. The molecule has 1 N–H and O–H groups in total. The fraction of sp³-hybridized carbons (Fsp3) is 0.261. The predicted molar refractivity (Wildman–Crippen MR) is 112 cm³/mol. The molecule has 7 heteroatoms. The number of nitrogens with zero attached hydrogens (tertiary/aromatic N) is 1. The van der Waals surface area contributed by atoms with E-state index in [0.29, 0.717) is 47.7 Å². The van der Waals surface area contributed by atoms with Gasteiger partial charge in [0.25, 0.3) is 5.91 Å². The highest BCUT2D eigenvalue weighted by Crippen LogP contribution is 2.35. The first kappa shape index (κ1) is 19.7. The third kappa shape index (κ3) is 3.91. The normalized spacial score (nSPS) is 16.6. The highest BCUT2D eigenvalue weighted by molar-refractivity contribution is 6.35. The van der Waals surface area contributed by atoms with Crippen LogP contribution < -0.4 is 10.1 Å². The van der Waals surface area contributed by atoms with Crippen molar-refractivity contribution in [3.8, 4) is 5.75 Å². The summed E-state index contributed by atoms with van der Waals surface area (Å²) in [5, 5.41) is 2.79. The minimum atomic E-state index is -0.459. The van der Waals surface area contributed by atoms with Crippen LogP contribution in [0, 0.1) is 0 Å². The molecule has 2 amide bonds. The maximum Gasteiger partial charge on any atom is 0.337 e. The molecule has 0 aromatic heterocycles. The molecule has 0 atom stereocenters. The van der Waals surface area contributed by atoms with E-state index in [9.17, 15) is 14.4 Å². The molecule has 0 bridgehead atoms. The Kier molecular flexibility index (Phi) is 5.52. The quantitative estimate of drug-likeness (QED) is 0.589. The molecule has 2 aliphatic heterocycles. The second-order valence-corrected chi connectivity index (χ2v) is 7.13. The van der Waals surface area contributed by atoms with Gasteiger partial charge in [-0.25, -0.2) is 4.79 Å². The van der Waals surface area contributed by atoms with E-state index in [1.165, 1.54) is 7.11 Å². The van der Waals surface area contributed by atoms with Crippen LogP contribution in [-0.4, -0.2) is 49.5 Å². The van der Waals surface area contributed by atoms with Crippen molar-refractivity contribution in [3.63, 3.8) is 0 Å². The van der Waals surface area contributed by atoms with Gasteiger partial charge in [-0.05, 0) is 30.7 Å². The zero-order valence-electron chi connectivity index (χ0n) is 16.6. The first-order valence-electron chi connectivity index (χ1n) is 9.82. The number of methoxy groups -OCH3 is 1. The number of rotatable bonds is 6. The average Bonchev–Trinajstić information content (AvgIpc) is 3.30. The van der Waals surface area contributed by atoms with Crippen molar-refractivity contribution in [3.05, 3.63) is 59.2 Å². The largest absolute Gasteiger partial charge is 0.491 e. The fourth-order valence-corrected chi connectivity index (χ4v) is 3.68. The average molecular weight is 406 g/mol. The molecule has 4 rings (SSSR count). The molecule has 7 nitrogen and oxygen atoms in total. The number of para-hydroxylation sites is 1. The van der Waals surface area contributed by atoms with Crippen molar-refractivity contribution in [2.24, 2.45) is 0 Å². The number of benzene rings is 2. The highest BCUT2D eigenvalue weighted by atomic mass is 16.5. The molecule has 154 valence electrons. The SMILES string of the molecule is COC(=O)c1ccc2c(c1)NC(=O)/C2=C/c1ccccc1OCCN1CCCC1=O. The van der Waals surface area contributed by atoms with E-state index < -0.39 is 5.97 Å². The van der Waals surface area contributed by atoms with Crippen molar-refractivity contribution in [1.82, 2.24) is 4.90 Å². The van der Waals surface area contributed by atoms with Gasteiger partial charge in [0.1, 0.15) is 12.4 Å². The number of esters is 1. The number of nitrogens with one attached hydrogen (secondary N) is 1. The molecular formula is C23H22N2O5. The Morgan fingerprint density at radius 1 is 1.20 bits per heavy atom. The van der Waals surface area contributed by atoms with Gasteiger partial charge in [0.15, 0.2) is 0 Å². The molecule has 0 aliphatic carbocycles. The lowest BCUT2D eigenvalue weighted by molar-refractivity contribution is -0.128. The number of hydrogen-bond donors (Lipinski definition) is 1. The summed E-state index contributed by atoms with van der Waals surface area (Å²) >= 11 is 0. The van der Waals surface area contributed by atoms with E-state index in [1.54, 1.807) is 29.2 Å². The van der Waals surface area contributed by atoms with Crippen LogP contribution in [0.1, 0.15) is 34.3 Å². The lowest BCUT2D eigenvalue weighted by atomic mass is 10.0. The number of likely N-dealkylation sites (tertiary alicyclic amines) is 1. The van der Waals surface area contributed by atoms with Gasteiger partial charge in [0, 0.05) is 35.4 Å². The van der Waals surface area contributed by atoms with Crippen molar-refractivity contribution in [1.29, 1.82) is 0 Å². The minimum Gasteiger partial charge on any atom is -0.491 e. The molecule has 0 saturated carbocycles. The van der Waals surface area contributed by atoms with Gasteiger partial charge < -0.3 is 19.7 Å². The summed E-state index contributed by atoms with van der Waals surface area (Å²) in [6, 6.07) is 12.4. The lowest BCUT2D eigenvalue weighted by Gasteiger charge is -2.16. The summed E-state index contributed by atoms with van der Waals surface area (Å²) in [6.07, 6.45) is 3.28. The van der Waals surface area contributed by atoms with Crippen LogP contribution in [0.15, 0.2) is 42.5 Å². The van der Waals surface area contributed by atoms with E-state index in [0.717, 1.165) is 18.5 Å². The Morgan fingerprint density at radius 3 is 2.80 bits per heavy atom. The first-order valence-corrected chi connectivity index (χ1v) is 9.82. The van der Waals surface area contributed by atoms with Crippen LogP contribution in [0.2, 0.25) is 0 Å². The number of amides is 2. The van der Waals surface area contributed by atoms with Crippen molar-refractivity contribution < 1.29 is 23.9 Å². The Morgan fingerprint density at radius 2 is 2.03 bits per heavy atom. The van der Waals surface area contributed by atoms with Crippen molar-refractivity contribution in [2.75, 3.05) is 32.1 Å². The summed E-state index contributed by atoms with van der Waals surface area (Å²) in [6.45, 7) is 1.71. The molecule has 1 saturated heterocycles. The van der Waals surface area contributed by atoms with Crippen LogP contribution in [0.4, 0.5) is 5.69 Å². The Labute approximate surface area is 174 Å². The Balaban J connectivity index is 1.55. The van der Waals surface area contributed by atoms with Crippen molar-refractivity contribution in [2.45, 2.75) is 12.8 Å². The van der Waals surface area contributed by atoms with E-state index in [2.05, 4.69) is 5.32 Å². The molecule has 1 fully saturated rings. The molecule has 2 aliphatic rings. The van der Waals surface area contributed by atoms with E-state index in [4.69, 9.17) is 9.47 Å². The van der Waals surface area contributed by atoms with Gasteiger partial charge in [-0.3, -0.25) is 9.59 Å². The van der Waals surface area contributed by atoms with Gasteiger partial charge >= 0.3 is 5.97 Å². The fourth-order valence-electron chi connectivity index (χ4n) is 3.68. The number of fused-ring (bicyclic) bond motifs is 1. The van der Waals surface area contributed by atoms with Gasteiger partial charge in [-0.15, -0.1) is 0 Å². The second kappa shape index (κ2) is 8.41. The predicted octanol–water partition coefficient (Wildman–Crippen LogP) is 2.97. The number of anilines is 1. The summed E-state index contributed by atoms with van der Waals surface area (Å²) in [5.41, 5.74) is 2.91. The molecule has 0 unspecified atom stereocenters.